The summed E-state index contributed by atoms with van der Waals surface area (Å²) in [7, 11) is 0. The van der Waals surface area contributed by atoms with Crippen molar-refractivity contribution in [3.8, 4) is 0 Å². The molecule has 226 valence electrons. The highest BCUT2D eigenvalue weighted by molar-refractivity contribution is 7.11. The van der Waals surface area contributed by atoms with E-state index in [4.69, 9.17) is 11.5 Å². The molecule has 0 saturated carbocycles. The van der Waals surface area contributed by atoms with E-state index < -0.39 is 18.0 Å². The third-order valence-electron chi connectivity index (χ3n) is 7.18. The monoisotopic (exact) mass is 603 g/mol. The van der Waals surface area contributed by atoms with Crippen molar-refractivity contribution in [1.82, 2.24) is 20.1 Å². The maximum Gasteiger partial charge on any atom is 0.246 e. The second-order valence-electron chi connectivity index (χ2n) is 10.3. The lowest BCUT2D eigenvalue weighted by atomic mass is 10.00. The fraction of sp³-hybridized carbons (Fsp3) is 0.355. The lowest BCUT2D eigenvalue weighted by Crippen LogP contribution is -2.62. The normalized spacial score (nSPS) is 15.7. The Hall–Kier alpha value is -4.58. The number of aliphatic imine (C=N–C) groups is 1. The summed E-state index contributed by atoms with van der Waals surface area (Å²) >= 11 is 1.18. The molecule has 0 bridgehead atoms. The highest BCUT2D eigenvalue weighted by Gasteiger charge is 2.40. The topological polar surface area (TPSA) is 164 Å². The van der Waals surface area contributed by atoms with Gasteiger partial charge in [0.2, 0.25) is 23.5 Å². The van der Waals surface area contributed by atoms with Crippen molar-refractivity contribution in [2.75, 3.05) is 26.2 Å². The van der Waals surface area contributed by atoms with E-state index >= 15 is 0 Å². The average Bonchev–Trinajstić information content (AvgIpc) is 3.55. The van der Waals surface area contributed by atoms with Crippen molar-refractivity contribution >= 4 is 40.8 Å². The number of aromatic nitrogens is 1. The van der Waals surface area contributed by atoms with Crippen LogP contribution in [0.25, 0.3) is 0 Å². The van der Waals surface area contributed by atoms with Crippen LogP contribution in [-0.2, 0) is 27.2 Å². The van der Waals surface area contributed by atoms with Crippen LogP contribution in [0.4, 0.5) is 0 Å². The van der Waals surface area contributed by atoms with Crippen molar-refractivity contribution in [2.45, 2.75) is 44.2 Å². The van der Waals surface area contributed by atoms with Gasteiger partial charge in [-0.1, -0.05) is 60.7 Å². The first kappa shape index (κ1) is 31.4. The fourth-order valence-electron chi connectivity index (χ4n) is 5.05. The number of ketones is 1. The molecule has 0 aliphatic carbocycles. The van der Waals surface area contributed by atoms with E-state index in [1.54, 1.807) is 10.3 Å². The molecule has 43 heavy (non-hydrogen) atoms. The van der Waals surface area contributed by atoms with Crippen LogP contribution in [0.2, 0.25) is 0 Å². The van der Waals surface area contributed by atoms with Gasteiger partial charge in [0.1, 0.15) is 12.6 Å². The van der Waals surface area contributed by atoms with Gasteiger partial charge in [-0.05, 0) is 36.8 Å². The maximum absolute atomic E-state index is 13.7. The number of Topliss-reactive ketones (excluding diaryl/α,β-unsaturated/α-hetero) is 1. The van der Waals surface area contributed by atoms with Crippen molar-refractivity contribution < 1.29 is 19.2 Å². The number of nitrogens with one attached hydrogen (secondary N) is 1. The van der Waals surface area contributed by atoms with Crippen LogP contribution < -0.4 is 16.8 Å². The summed E-state index contributed by atoms with van der Waals surface area (Å²) in [6, 6.07) is 17.7. The predicted octanol–water partition coefficient (Wildman–Crippen LogP) is 1.78. The van der Waals surface area contributed by atoms with Crippen LogP contribution in [0.15, 0.2) is 77.2 Å². The number of nitrogens with two attached hydrogens (primary N) is 2. The molecule has 1 fully saturated rings. The molecular formula is C31H37N7O4S. The number of hydrogen-bond acceptors (Lipinski definition) is 7. The Kier molecular flexibility index (Phi) is 11.4. The van der Waals surface area contributed by atoms with E-state index in [2.05, 4.69) is 15.3 Å². The van der Waals surface area contributed by atoms with E-state index in [9.17, 15) is 19.2 Å². The lowest BCUT2D eigenvalue weighted by molar-refractivity contribution is -0.157. The molecule has 11 nitrogen and oxygen atoms in total. The number of benzene rings is 2. The lowest BCUT2D eigenvalue weighted by Gasteiger charge is -2.40. The Morgan fingerprint density at radius 3 is 2.37 bits per heavy atom. The molecule has 1 aliphatic heterocycles. The SMILES string of the molecule is NC(N)=NCCC[C@H](NC(=O)CN1C(=O)CN(CCCc2ccccc2)C(=O)[C@H]1Cc1ccccc1)C(=O)c1nccs1. The summed E-state index contributed by atoms with van der Waals surface area (Å²) in [4.78, 5) is 64.6. The highest BCUT2D eigenvalue weighted by atomic mass is 32.1. The van der Waals surface area contributed by atoms with Crippen LogP contribution in [-0.4, -0.2) is 82.5 Å². The molecule has 4 rings (SSSR count). The summed E-state index contributed by atoms with van der Waals surface area (Å²) in [6.45, 7) is 0.269. The van der Waals surface area contributed by atoms with Crippen LogP contribution >= 0.6 is 11.3 Å². The van der Waals surface area contributed by atoms with Gasteiger partial charge in [-0.3, -0.25) is 24.2 Å². The van der Waals surface area contributed by atoms with E-state index in [0.717, 1.165) is 17.5 Å². The van der Waals surface area contributed by atoms with Gasteiger partial charge in [0.25, 0.3) is 0 Å². The number of guanidine groups is 1. The first-order valence-electron chi connectivity index (χ1n) is 14.3. The number of rotatable bonds is 15. The molecule has 0 spiro atoms. The molecule has 1 saturated heterocycles. The fourth-order valence-corrected chi connectivity index (χ4v) is 5.68. The Labute approximate surface area is 255 Å². The molecule has 5 N–H and O–H groups in total. The Morgan fingerprint density at radius 1 is 1.02 bits per heavy atom. The van der Waals surface area contributed by atoms with E-state index in [1.807, 2.05) is 60.7 Å². The van der Waals surface area contributed by atoms with E-state index in [0.29, 0.717) is 19.4 Å². The third-order valence-corrected chi connectivity index (χ3v) is 7.97. The Balaban J connectivity index is 1.45. The number of thiazole rings is 1. The van der Waals surface area contributed by atoms with Gasteiger partial charge >= 0.3 is 0 Å². The van der Waals surface area contributed by atoms with E-state index in [1.165, 1.54) is 22.4 Å². The molecule has 1 aliphatic rings. The third kappa shape index (κ3) is 9.20. The van der Waals surface area contributed by atoms with Crippen molar-refractivity contribution in [3.05, 3.63) is 88.4 Å². The quantitative estimate of drug-likeness (QED) is 0.103. The smallest absolute Gasteiger partial charge is 0.246 e. The van der Waals surface area contributed by atoms with Crippen molar-refractivity contribution in [1.29, 1.82) is 0 Å². The van der Waals surface area contributed by atoms with E-state index in [-0.39, 0.29) is 61.0 Å². The molecule has 0 radical (unpaired) electrons. The second-order valence-corrected chi connectivity index (χ2v) is 11.2. The molecule has 0 unspecified atom stereocenters. The van der Waals surface area contributed by atoms with Crippen molar-refractivity contribution in [2.24, 2.45) is 16.5 Å². The summed E-state index contributed by atoms with van der Waals surface area (Å²) < 4.78 is 0. The van der Waals surface area contributed by atoms with Gasteiger partial charge in [0.05, 0.1) is 12.6 Å². The summed E-state index contributed by atoms with van der Waals surface area (Å²) in [5, 5.41) is 4.72. The number of piperazine rings is 1. The molecule has 2 atom stereocenters. The predicted molar refractivity (Wildman–Crippen MR) is 165 cm³/mol. The second kappa shape index (κ2) is 15.6. The molecule has 2 aromatic carbocycles. The Bertz CT molecular complexity index is 1400. The van der Waals surface area contributed by atoms with Gasteiger partial charge in [-0.25, -0.2) is 4.98 Å². The van der Waals surface area contributed by atoms with Crippen LogP contribution in [0.3, 0.4) is 0 Å². The van der Waals surface area contributed by atoms with Crippen molar-refractivity contribution in [3.63, 3.8) is 0 Å². The zero-order valence-electron chi connectivity index (χ0n) is 23.9. The number of carbonyl (C=O) groups is 4. The summed E-state index contributed by atoms with van der Waals surface area (Å²) in [5.74, 6) is -1.44. The Morgan fingerprint density at radius 2 is 1.72 bits per heavy atom. The minimum atomic E-state index is -0.884. The summed E-state index contributed by atoms with van der Waals surface area (Å²) in [5.41, 5.74) is 12.8. The van der Waals surface area contributed by atoms with Gasteiger partial charge in [-0.15, -0.1) is 11.3 Å². The average molecular weight is 604 g/mol. The number of amides is 3. The molecule has 2 heterocycles. The number of aryl methyl sites for hydroxylation is 1. The first-order chi connectivity index (χ1) is 20.8. The van der Waals surface area contributed by atoms with Gasteiger partial charge in [-0.2, -0.15) is 0 Å². The maximum atomic E-state index is 13.7. The highest BCUT2D eigenvalue weighted by Crippen LogP contribution is 2.19. The molecule has 12 heteroatoms. The molecule has 3 aromatic rings. The number of nitrogens with zero attached hydrogens (tertiary/aromatic N) is 4. The van der Waals surface area contributed by atoms with Crippen LogP contribution in [0, 0.1) is 0 Å². The number of hydrogen-bond donors (Lipinski definition) is 3. The van der Waals surface area contributed by atoms with Gasteiger partial charge < -0.3 is 26.6 Å². The summed E-state index contributed by atoms with van der Waals surface area (Å²) in [6.07, 6.45) is 4.00. The standard InChI is InChI=1S/C31H37N7O4S/c32-31(33)35-15-7-14-24(28(41)29-34-16-18-43-29)36-26(39)20-38-25(19-23-11-5-2-6-12-23)30(42)37(21-27(38)40)17-8-13-22-9-3-1-4-10-22/h1-6,9-12,16,18,24-25H,7-8,13-15,17,19-21H2,(H,36,39)(H4,32,33,35)/t24-,25+/m0/s1. The van der Waals surface area contributed by atoms with Gasteiger partial charge in [0, 0.05) is 31.1 Å². The first-order valence-corrected chi connectivity index (χ1v) is 15.1. The zero-order valence-corrected chi connectivity index (χ0v) is 24.7. The van der Waals surface area contributed by atoms with Gasteiger partial charge in [0.15, 0.2) is 11.0 Å². The molecular weight excluding hydrogens is 566 g/mol. The molecule has 3 amide bonds. The van der Waals surface area contributed by atoms with Crippen LogP contribution in [0.5, 0.6) is 0 Å². The largest absolute Gasteiger partial charge is 0.370 e. The van der Waals surface area contributed by atoms with Crippen LogP contribution in [0.1, 0.15) is 40.2 Å². The number of carbonyl (C=O) groups excluding carboxylic acids is 4. The molecule has 1 aromatic heterocycles. The minimum absolute atomic E-state index is 0.0568. The zero-order chi connectivity index (χ0) is 30.6. The minimum Gasteiger partial charge on any atom is -0.370 e.